The predicted molar refractivity (Wildman–Crippen MR) is 96.7 cm³/mol. The molecule has 0 unspecified atom stereocenters. The van der Waals surface area contributed by atoms with Gasteiger partial charge in [0.05, 0.1) is 25.8 Å². The van der Waals surface area contributed by atoms with E-state index in [2.05, 4.69) is 15.9 Å². The van der Waals surface area contributed by atoms with Gasteiger partial charge in [0.2, 0.25) is 0 Å². The summed E-state index contributed by atoms with van der Waals surface area (Å²) in [6, 6.07) is 9.65. The first-order valence-electron chi connectivity index (χ1n) is 8.03. The molecule has 1 saturated heterocycles. The second-order valence-electron chi connectivity index (χ2n) is 5.89. The average Bonchev–Trinajstić information content (AvgIpc) is 3.12. The fourth-order valence-corrected chi connectivity index (χ4v) is 3.66. The maximum absolute atomic E-state index is 13.6. The third-order valence-electron chi connectivity index (χ3n) is 4.47. The van der Waals surface area contributed by atoms with Crippen LogP contribution in [0.1, 0.15) is 34.8 Å². The molecular weight excluding hydrogens is 389 g/mol. The summed E-state index contributed by atoms with van der Waals surface area (Å²) in [4.78, 5) is 14.8. The molecule has 2 aromatic carbocycles. The van der Waals surface area contributed by atoms with Crippen molar-refractivity contribution in [1.29, 1.82) is 0 Å². The largest absolute Gasteiger partial charge is 0.497 e. The van der Waals surface area contributed by atoms with Crippen LogP contribution in [0.2, 0.25) is 0 Å². The van der Waals surface area contributed by atoms with E-state index in [0.717, 1.165) is 18.4 Å². The molecule has 4 nitrogen and oxygen atoms in total. The van der Waals surface area contributed by atoms with Crippen LogP contribution in [0.25, 0.3) is 0 Å². The number of likely N-dealkylation sites (tertiary alicyclic amines) is 1. The lowest BCUT2D eigenvalue weighted by atomic mass is 10.0. The van der Waals surface area contributed by atoms with Crippen LogP contribution in [0.5, 0.6) is 11.5 Å². The van der Waals surface area contributed by atoms with Gasteiger partial charge in [-0.05, 0) is 59.1 Å². The summed E-state index contributed by atoms with van der Waals surface area (Å²) in [7, 11) is 3.20. The summed E-state index contributed by atoms with van der Waals surface area (Å²) >= 11 is 3.35. The van der Waals surface area contributed by atoms with E-state index in [0.29, 0.717) is 28.1 Å². The van der Waals surface area contributed by atoms with Crippen molar-refractivity contribution >= 4 is 21.8 Å². The molecule has 0 radical (unpaired) electrons. The lowest BCUT2D eigenvalue weighted by Crippen LogP contribution is -2.31. The molecule has 0 spiro atoms. The summed E-state index contributed by atoms with van der Waals surface area (Å²) < 4.78 is 24.9. The number of nitrogens with zero attached hydrogens (tertiary/aromatic N) is 1. The van der Waals surface area contributed by atoms with Crippen LogP contribution >= 0.6 is 15.9 Å². The Hall–Kier alpha value is -2.08. The molecule has 1 fully saturated rings. The summed E-state index contributed by atoms with van der Waals surface area (Å²) in [5.74, 6) is 0.766. The third kappa shape index (κ3) is 3.49. The van der Waals surface area contributed by atoms with Crippen molar-refractivity contribution in [1.82, 2.24) is 4.90 Å². The van der Waals surface area contributed by atoms with Gasteiger partial charge in [-0.1, -0.05) is 0 Å². The quantitative estimate of drug-likeness (QED) is 0.744. The predicted octanol–water partition coefficient (Wildman–Crippen LogP) is 4.58. The van der Waals surface area contributed by atoms with Crippen LogP contribution in [-0.2, 0) is 0 Å². The number of amides is 1. The highest BCUT2D eigenvalue weighted by molar-refractivity contribution is 9.10. The molecule has 0 aromatic heterocycles. The zero-order valence-electron chi connectivity index (χ0n) is 14.1. The number of benzene rings is 2. The van der Waals surface area contributed by atoms with Gasteiger partial charge in [-0.2, -0.15) is 0 Å². The molecule has 1 aliphatic heterocycles. The van der Waals surface area contributed by atoms with Crippen LogP contribution in [0.3, 0.4) is 0 Å². The highest BCUT2D eigenvalue weighted by atomic mass is 79.9. The molecule has 6 heteroatoms. The first kappa shape index (κ1) is 17.7. The minimum Gasteiger partial charge on any atom is -0.497 e. The van der Waals surface area contributed by atoms with Crippen molar-refractivity contribution in [3.8, 4) is 11.5 Å². The molecule has 2 aromatic rings. The van der Waals surface area contributed by atoms with Crippen LogP contribution in [-0.4, -0.2) is 31.6 Å². The zero-order chi connectivity index (χ0) is 18.0. The maximum atomic E-state index is 13.6. The first-order chi connectivity index (χ1) is 12.0. The topological polar surface area (TPSA) is 38.8 Å². The van der Waals surface area contributed by atoms with Crippen molar-refractivity contribution < 1.29 is 18.7 Å². The summed E-state index contributed by atoms with van der Waals surface area (Å²) in [5.41, 5.74) is 1.26. The number of rotatable bonds is 4. The number of halogens is 2. The maximum Gasteiger partial charge on any atom is 0.255 e. The molecule has 0 bridgehead atoms. The van der Waals surface area contributed by atoms with E-state index in [1.165, 1.54) is 12.1 Å². The van der Waals surface area contributed by atoms with Gasteiger partial charge in [-0.15, -0.1) is 0 Å². The lowest BCUT2D eigenvalue weighted by Gasteiger charge is -2.27. The number of carbonyl (C=O) groups is 1. The van der Waals surface area contributed by atoms with E-state index in [1.807, 2.05) is 18.2 Å². The van der Waals surface area contributed by atoms with Gasteiger partial charge in [-0.25, -0.2) is 4.39 Å². The monoisotopic (exact) mass is 407 g/mol. The summed E-state index contributed by atoms with van der Waals surface area (Å²) in [6.45, 7) is 0.627. The van der Waals surface area contributed by atoms with E-state index in [-0.39, 0.29) is 11.9 Å². The van der Waals surface area contributed by atoms with E-state index < -0.39 is 5.82 Å². The van der Waals surface area contributed by atoms with E-state index in [1.54, 1.807) is 25.2 Å². The number of methoxy groups -OCH3 is 2. The molecule has 1 atom stereocenters. The van der Waals surface area contributed by atoms with Gasteiger partial charge in [0.15, 0.2) is 0 Å². The molecule has 3 rings (SSSR count). The molecule has 0 saturated carbocycles. The minimum atomic E-state index is -0.427. The van der Waals surface area contributed by atoms with E-state index in [4.69, 9.17) is 9.47 Å². The minimum absolute atomic E-state index is 0.108. The fraction of sp³-hybridized carbons (Fsp3) is 0.316. The second kappa shape index (κ2) is 7.44. The Morgan fingerprint density at radius 1 is 1.20 bits per heavy atom. The molecule has 132 valence electrons. The molecule has 0 N–H and O–H groups in total. The van der Waals surface area contributed by atoms with Crippen molar-refractivity contribution in [2.24, 2.45) is 0 Å². The molecule has 1 amide bonds. The van der Waals surface area contributed by atoms with Gasteiger partial charge in [-0.3, -0.25) is 4.79 Å². The Kier molecular flexibility index (Phi) is 5.27. The van der Waals surface area contributed by atoms with Crippen LogP contribution in [0, 0.1) is 5.82 Å². The highest BCUT2D eigenvalue weighted by Crippen LogP contribution is 2.39. The molecule has 0 aliphatic carbocycles. The van der Waals surface area contributed by atoms with E-state index in [9.17, 15) is 9.18 Å². The van der Waals surface area contributed by atoms with Crippen LogP contribution in [0.15, 0.2) is 40.9 Å². The fourth-order valence-electron chi connectivity index (χ4n) is 3.24. The summed E-state index contributed by atoms with van der Waals surface area (Å²) in [5, 5.41) is 0. The normalized spacial score (nSPS) is 16.8. The summed E-state index contributed by atoms with van der Waals surface area (Å²) in [6.07, 6.45) is 1.72. The Bertz CT molecular complexity index is 796. The first-order valence-corrected chi connectivity index (χ1v) is 8.82. The Morgan fingerprint density at radius 3 is 2.72 bits per heavy atom. The van der Waals surface area contributed by atoms with Crippen LogP contribution in [0.4, 0.5) is 4.39 Å². The molecule has 1 heterocycles. The Morgan fingerprint density at radius 2 is 2.00 bits per heavy atom. The van der Waals surface area contributed by atoms with Gasteiger partial charge in [0.25, 0.3) is 5.91 Å². The third-order valence-corrected chi connectivity index (χ3v) is 5.16. The SMILES string of the molecule is COc1ccc([C@@H]2CCCN2C(=O)c2cc(F)ccc2Br)c(OC)c1. The highest BCUT2D eigenvalue weighted by Gasteiger charge is 2.33. The standard InChI is InChI=1S/C19H19BrFNO3/c1-24-13-6-7-14(18(11-13)25-2)17-4-3-9-22(17)19(23)15-10-12(21)5-8-16(15)20/h5-8,10-11,17H,3-4,9H2,1-2H3/t17-/m0/s1. The van der Waals surface area contributed by atoms with Gasteiger partial charge >= 0.3 is 0 Å². The molecule has 1 aliphatic rings. The van der Waals surface area contributed by atoms with Crippen molar-refractivity contribution in [3.63, 3.8) is 0 Å². The molecular formula is C19H19BrFNO3. The Labute approximate surface area is 154 Å². The lowest BCUT2D eigenvalue weighted by molar-refractivity contribution is 0.0732. The number of hydrogen-bond acceptors (Lipinski definition) is 3. The van der Waals surface area contributed by atoms with E-state index >= 15 is 0 Å². The number of ether oxygens (including phenoxy) is 2. The second-order valence-corrected chi connectivity index (χ2v) is 6.74. The van der Waals surface area contributed by atoms with Crippen LogP contribution < -0.4 is 9.47 Å². The Balaban J connectivity index is 1.95. The van der Waals surface area contributed by atoms with Gasteiger partial charge < -0.3 is 14.4 Å². The van der Waals surface area contributed by atoms with Gasteiger partial charge in [0, 0.05) is 22.6 Å². The van der Waals surface area contributed by atoms with Gasteiger partial charge in [0.1, 0.15) is 17.3 Å². The molecule has 25 heavy (non-hydrogen) atoms. The smallest absolute Gasteiger partial charge is 0.255 e. The van der Waals surface area contributed by atoms with Crippen molar-refractivity contribution in [2.45, 2.75) is 18.9 Å². The number of hydrogen-bond donors (Lipinski definition) is 0. The van der Waals surface area contributed by atoms with Crippen molar-refractivity contribution in [3.05, 3.63) is 57.8 Å². The average molecular weight is 408 g/mol. The number of carbonyl (C=O) groups excluding carboxylic acids is 1. The van der Waals surface area contributed by atoms with Crippen molar-refractivity contribution in [2.75, 3.05) is 20.8 Å². The zero-order valence-corrected chi connectivity index (χ0v) is 15.7.